The van der Waals surface area contributed by atoms with Crippen LogP contribution in [-0.4, -0.2) is 30.5 Å². The fourth-order valence-corrected chi connectivity index (χ4v) is 2.88. The van der Waals surface area contributed by atoms with E-state index >= 15 is 0 Å². The lowest BCUT2D eigenvalue weighted by Gasteiger charge is -2.14. The fourth-order valence-electron chi connectivity index (χ4n) is 2.38. The average molecular weight is 398 g/mol. The number of hydrogen-bond acceptors (Lipinski definition) is 4. The Balaban J connectivity index is 0.00000117. The van der Waals surface area contributed by atoms with Gasteiger partial charge in [0.25, 0.3) is 0 Å². The van der Waals surface area contributed by atoms with Crippen molar-refractivity contribution in [3.63, 3.8) is 0 Å². The van der Waals surface area contributed by atoms with Crippen molar-refractivity contribution in [3.05, 3.63) is 58.1 Å². The highest BCUT2D eigenvalue weighted by Crippen LogP contribution is 2.27. The van der Waals surface area contributed by atoms with Crippen LogP contribution < -0.4 is 9.64 Å². The van der Waals surface area contributed by atoms with Gasteiger partial charge in [0.05, 0.1) is 13.2 Å². The van der Waals surface area contributed by atoms with E-state index < -0.39 is 12.2 Å². The third-order valence-corrected chi connectivity index (χ3v) is 4.38. The Morgan fingerprint density at radius 1 is 1.15 bits per heavy atom. The molecule has 1 heterocycles. The summed E-state index contributed by atoms with van der Waals surface area (Å²) < 4.78 is 10.7. The second-order valence-corrected chi connectivity index (χ2v) is 6.10. The van der Waals surface area contributed by atoms with Crippen LogP contribution in [-0.2, 0) is 11.3 Å². The topological polar surface area (TPSA) is 59.0 Å². The van der Waals surface area contributed by atoms with E-state index in [2.05, 4.69) is 0 Å². The molecule has 1 aliphatic heterocycles. The fraction of sp³-hybridized carbons (Fsp3) is 0.316. The van der Waals surface area contributed by atoms with Crippen LogP contribution in [0.3, 0.4) is 0 Å². The summed E-state index contributed by atoms with van der Waals surface area (Å²) in [5.41, 5.74) is 1.40. The van der Waals surface area contributed by atoms with E-state index in [-0.39, 0.29) is 13.2 Å². The Bertz CT molecular complexity index is 717. The summed E-state index contributed by atoms with van der Waals surface area (Å²) >= 11 is 12.2. The van der Waals surface area contributed by atoms with Crippen LogP contribution in [0.4, 0.5) is 10.5 Å². The molecule has 2 aromatic rings. The van der Waals surface area contributed by atoms with Gasteiger partial charge in [0.2, 0.25) is 0 Å². The molecule has 5 nitrogen and oxygen atoms in total. The van der Waals surface area contributed by atoms with Gasteiger partial charge in [-0.2, -0.15) is 0 Å². The molecule has 1 fully saturated rings. The minimum atomic E-state index is -0.490. The van der Waals surface area contributed by atoms with E-state index in [4.69, 9.17) is 37.8 Å². The molecule has 0 bridgehead atoms. The van der Waals surface area contributed by atoms with Gasteiger partial charge in [-0.15, -0.1) is 0 Å². The summed E-state index contributed by atoms with van der Waals surface area (Å²) in [5, 5.41) is 10.2. The number of carbonyl (C=O) groups is 1. The third kappa shape index (κ3) is 4.81. The number of hydrogen-bond donors (Lipinski definition) is 1. The number of rotatable bonds is 5. The molecule has 0 radical (unpaired) electrons. The van der Waals surface area contributed by atoms with E-state index in [0.29, 0.717) is 28.0 Å². The molecule has 1 N–H and O–H groups in total. The lowest BCUT2D eigenvalue weighted by molar-refractivity contribution is 0.0963. The van der Waals surface area contributed by atoms with Gasteiger partial charge in [-0.25, -0.2) is 4.79 Å². The van der Waals surface area contributed by atoms with Gasteiger partial charge in [-0.1, -0.05) is 43.1 Å². The van der Waals surface area contributed by atoms with Crippen molar-refractivity contribution in [1.82, 2.24) is 0 Å². The summed E-state index contributed by atoms with van der Waals surface area (Å²) in [7, 11) is 0. The Morgan fingerprint density at radius 3 is 2.31 bits per heavy atom. The Labute approximate surface area is 163 Å². The van der Waals surface area contributed by atoms with Gasteiger partial charge in [-0.05, 0) is 36.4 Å². The minimum absolute atomic E-state index is 0.192. The van der Waals surface area contributed by atoms with E-state index in [1.54, 1.807) is 42.5 Å². The normalized spacial score (nSPS) is 16.0. The number of anilines is 1. The second-order valence-electron chi connectivity index (χ2n) is 5.28. The highest BCUT2D eigenvalue weighted by molar-refractivity contribution is 6.35. The van der Waals surface area contributed by atoms with Gasteiger partial charge in [0.1, 0.15) is 18.5 Å². The summed E-state index contributed by atoms with van der Waals surface area (Å²) in [6.07, 6.45) is -0.957. The zero-order chi connectivity index (χ0) is 19.1. The van der Waals surface area contributed by atoms with Gasteiger partial charge >= 0.3 is 6.09 Å². The Morgan fingerprint density at radius 2 is 1.77 bits per heavy atom. The lowest BCUT2D eigenvalue weighted by Crippen LogP contribution is -2.25. The first-order valence-corrected chi connectivity index (χ1v) is 9.09. The molecule has 3 rings (SSSR count). The summed E-state index contributed by atoms with van der Waals surface area (Å²) in [4.78, 5) is 13.2. The molecule has 0 aromatic heterocycles. The standard InChI is InChI=1S/C17H15Cl2NO4.C2H6/c18-15-2-1-3-16(19)14(15)10-23-12-6-4-11(5-7-12)20-8-13(9-21)24-17(20)22;1-2/h1-7,13,21H,8-10H2;1-2H3/t13-;/m0./s1. The molecular weight excluding hydrogens is 377 g/mol. The van der Waals surface area contributed by atoms with Crippen molar-refractivity contribution >= 4 is 35.0 Å². The van der Waals surface area contributed by atoms with E-state index in [0.717, 1.165) is 5.56 Å². The molecule has 1 saturated heterocycles. The molecule has 1 aliphatic rings. The van der Waals surface area contributed by atoms with E-state index in [1.807, 2.05) is 13.8 Å². The zero-order valence-corrected chi connectivity index (χ0v) is 16.1. The van der Waals surface area contributed by atoms with Crippen LogP contribution >= 0.6 is 23.2 Å². The van der Waals surface area contributed by atoms with Crippen molar-refractivity contribution in [1.29, 1.82) is 0 Å². The van der Waals surface area contributed by atoms with Crippen LogP contribution in [0.5, 0.6) is 5.75 Å². The van der Waals surface area contributed by atoms with Crippen LogP contribution in [0.15, 0.2) is 42.5 Å². The van der Waals surface area contributed by atoms with Gasteiger partial charge < -0.3 is 14.6 Å². The highest BCUT2D eigenvalue weighted by atomic mass is 35.5. The molecule has 0 saturated carbocycles. The first-order valence-electron chi connectivity index (χ1n) is 8.33. The minimum Gasteiger partial charge on any atom is -0.489 e. The third-order valence-electron chi connectivity index (χ3n) is 3.67. The maximum absolute atomic E-state index is 11.7. The van der Waals surface area contributed by atoms with Crippen molar-refractivity contribution in [2.75, 3.05) is 18.1 Å². The second kappa shape index (κ2) is 9.67. The van der Waals surface area contributed by atoms with Crippen LogP contribution in [0.1, 0.15) is 19.4 Å². The van der Waals surface area contributed by atoms with Crippen LogP contribution in [0.25, 0.3) is 0 Å². The number of amides is 1. The largest absolute Gasteiger partial charge is 0.489 e. The lowest BCUT2D eigenvalue weighted by atomic mass is 10.2. The zero-order valence-electron chi connectivity index (χ0n) is 14.6. The smallest absolute Gasteiger partial charge is 0.414 e. The number of nitrogens with zero attached hydrogens (tertiary/aromatic N) is 1. The Hall–Kier alpha value is -1.95. The van der Waals surface area contributed by atoms with E-state index in [9.17, 15) is 4.79 Å². The highest BCUT2D eigenvalue weighted by Gasteiger charge is 2.31. The molecule has 1 atom stereocenters. The number of ether oxygens (including phenoxy) is 2. The SMILES string of the molecule is CC.O=C1O[C@H](CO)CN1c1ccc(OCc2c(Cl)cccc2Cl)cc1. The maximum Gasteiger partial charge on any atom is 0.414 e. The average Bonchev–Trinajstić information content (AvgIpc) is 3.04. The van der Waals surface area contributed by atoms with Gasteiger partial charge in [0.15, 0.2) is 0 Å². The number of carbonyl (C=O) groups excluding carboxylic acids is 1. The van der Waals surface area contributed by atoms with Crippen LogP contribution in [0.2, 0.25) is 10.0 Å². The molecule has 0 spiro atoms. The Kier molecular flexibility index (Phi) is 7.57. The summed E-state index contributed by atoms with van der Waals surface area (Å²) in [6, 6.07) is 12.3. The monoisotopic (exact) mass is 397 g/mol. The van der Waals surface area contributed by atoms with Crippen molar-refractivity contribution in [3.8, 4) is 5.75 Å². The molecule has 7 heteroatoms. The summed E-state index contributed by atoms with van der Waals surface area (Å²) in [5.74, 6) is 0.626. The van der Waals surface area contributed by atoms with Gasteiger partial charge in [-0.3, -0.25) is 4.90 Å². The molecule has 0 aliphatic carbocycles. The van der Waals surface area contributed by atoms with Crippen molar-refractivity contribution < 1.29 is 19.4 Å². The van der Waals surface area contributed by atoms with Crippen LogP contribution in [0, 0.1) is 0 Å². The number of halogens is 2. The molecule has 0 unspecified atom stereocenters. The molecule has 26 heavy (non-hydrogen) atoms. The number of benzene rings is 2. The van der Waals surface area contributed by atoms with Gasteiger partial charge in [0, 0.05) is 21.3 Å². The van der Waals surface area contributed by atoms with Crippen molar-refractivity contribution in [2.45, 2.75) is 26.6 Å². The first kappa shape index (κ1) is 20.4. The van der Waals surface area contributed by atoms with Crippen molar-refractivity contribution in [2.24, 2.45) is 0 Å². The number of cyclic esters (lactones) is 1. The number of aliphatic hydroxyl groups is 1. The molecule has 2 aromatic carbocycles. The predicted octanol–water partition coefficient (Wildman–Crippen LogP) is 4.92. The molecule has 1 amide bonds. The first-order chi connectivity index (χ1) is 12.6. The predicted molar refractivity (Wildman–Crippen MR) is 103 cm³/mol. The van der Waals surface area contributed by atoms with E-state index in [1.165, 1.54) is 4.90 Å². The quantitative estimate of drug-likeness (QED) is 0.777. The number of aliphatic hydroxyl groups excluding tert-OH is 1. The maximum atomic E-state index is 11.7. The summed E-state index contributed by atoms with van der Waals surface area (Å²) in [6.45, 7) is 4.38. The molecular formula is C19H21Cl2NO4. The molecule has 140 valence electrons.